The third-order valence-corrected chi connectivity index (χ3v) is 8.81. The SMILES string of the molecule is O=C(Nc1cccc(SC(C(=O)Nc2ccc(Br)cc2)c2ccccc2)c1)/C(=C/c1ccc(Br)cc1)NC(=O)c1ccccc1. The van der Waals surface area contributed by atoms with Gasteiger partial charge in [0.05, 0.1) is 0 Å². The summed E-state index contributed by atoms with van der Waals surface area (Å²) in [6.07, 6.45) is 1.62. The third kappa shape index (κ3) is 9.28. The lowest BCUT2D eigenvalue weighted by Crippen LogP contribution is -2.30. The molecule has 0 fully saturated rings. The van der Waals surface area contributed by atoms with E-state index in [-0.39, 0.29) is 11.6 Å². The van der Waals surface area contributed by atoms with Crippen molar-refractivity contribution in [1.82, 2.24) is 5.32 Å². The highest BCUT2D eigenvalue weighted by atomic mass is 79.9. The summed E-state index contributed by atoms with van der Waals surface area (Å²) in [7, 11) is 0. The number of amides is 3. The predicted octanol–water partition coefficient (Wildman–Crippen LogP) is 9.09. The normalized spacial score (nSPS) is 11.7. The van der Waals surface area contributed by atoms with Crippen LogP contribution in [0, 0.1) is 0 Å². The van der Waals surface area contributed by atoms with Crippen molar-refractivity contribution < 1.29 is 14.4 Å². The molecule has 0 spiro atoms. The number of carbonyl (C=O) groups excluding carboxylic acids is 3. The van der Waals surface area contributed by atoms with Crippen LogP contribution in [0.4, 0.5) is 11.4 Å². The van der Waals surface area contributed by atoms with E-state index in [0.717, 1.165) is 25.0 Å². The maximum atomic E-state index is 13.6. The number of hydrogen-bond acceptors (Lipinski definition) is 4. The second-order valence-electron chi connectivity index (χ2n) is 9.82. The molecule has 3 amide bonds. The Hall–Kier alpha value is -4.44. The van der Waals surface area contributed by atoms with Crippen LogP contribution in [0.1, 0.15) is 26.7 Å². The minimum Gasteiger partial charge on any atom is -0.325 e. The molecule has 6 nitrogen and oxygen atoms in total. The van der Waals surface area contributed by atoms with Crippen LogP contribution in [0.2, 0.25) is 0 Å². The van der Waals surface area contributed by atoms with Crippen molar-refractivity contribution in [2.75, 3.05) is 10.6 Å². The molecule has 1 atom stereocenters. The zero-order valence-corrected chi connectivity index (χ0v) is 27.7. The van der Waals surface area contributed by atoms with Crippen LogP contribution in [-0.2, 0) is 9.59 Å². The number of thioether (sulfide) groups is 1. The topological polar surface area (TPSA) is 87.3 Å². The highest BCUT2D eigenvalue weighted by Crippen LogP contribution is 2.37. The van der Waals surface area contributed by atoms with Crippen LogP contribution < -0.4 is 16.0 Å². The van der Waals surface area contributed by atoms with Crippen LogP contribution in [0.25, 0.3) is 6.08 Å². The monoisotopic (exact) mass is 739 g/mol. The van der Waals surface area contributed by atoms with Gasteiger partial charge in [0.2, 0.25) is 5.91 Å². The smallest absolute Gasteiger partial charge is 0.272 e. The Bertz CT molecular complexity index is 1810. The highest BCUT2D eigenvalue weighted by Gasteiger charge is 2.23. The standard InChI is InChI=1S/C36H27Br2N3O3S/c37-27-16-14-24(15-17-27)22-32(41-34(42)26-10-5-2-6-11-26)35(43)40-30-12-7-13-31(23-30)45-33(25-8-3-1-4-9-25)36(44)39-29-20-18-28(38)19-21-29/h1-23,33H,(H,39,44)(H,40,43)(H,41,42)/b32-22-. The van der Waals surface area contributed by atoms with Gasteiger partial charge in [0.1, 0.15) is 10.9 Å². The van der Waals surface area contributed by atoms with Crippen molar-refractivity contribution >= 4 is 78.8 Å². The third-order valence-electron chi connectivity index (χ3n) is 6.51. The Morgan fingerprint density at radius 1 is 0.644 bits per heavy atom. The molecule has 0 saturated heterocycles. The summed E-state index contributed by atoms with van der Waals surface area (Å²) in [5.74, 6) is -1.07. The molecule has 5 aromatic rings. The Labute approximate surface area is 282 Å². The van der Waals surface area contributed by atoms with Crippen LogP contribution in [0.3, 0.4) is 0 Å². The summed E-state index contributed by atoms with van der Waals surface area (Å²) in [6, 6.07) is 40.3. The van der Waals surface area contributed by atoms with Crippen LogP contribution in [0.5, 0.6) is 0 Å². The van der Waals surface area contributed by atoms with Crippen LogP contribution in [-0.4, -0.2) is 17.7 Å². The molecule has 1 unspecified atom stereocenters. The fourth-order valence-corrected chi connectivity index (χ4v) is 5.90. The van der Waals surface area contributed by atoms with Gasteiger partial charge in [0, 0.05) is 30.8 Å². The number of nitrogens with one attached hydrogen (secondary N) is 3. The average Bonchev–Trinajstić information content (AvgIpc) is 3.06. The largest absolute Gasteiger partial charge is 0.325 e. The molecule has 45 heavy (non-hydrogen) atoms. The Balaban J connectivity index is 1.37. The number of benzene rings is 5. The van der Waals surface area contributed by atoms with E-state index in [0.29, 0.717) is 16.9 Å². The van der Waals surface area contributed by atoms with Gasteiger partial charge in [-0.3, -0.25) is 14.4 Å². The van der Waals surface area contributed by atoms with Crippen molar-refractivity contribution in [3.63, 3.8) is 0 Å². The minimum atomic E-state index is -0.557. The van der Waals surface area contributed by atoms with E-state index in [4.69, 9.17) is 0 Å². The lowest BCUT2D eigenvalue weighted by molar-refractivity contribution is -0.116. The van der Waals surface area contributed by atoms with Crippen molar-refractivity contribution in [1.29, 1.82) is 0 Å². The molecule has 9 heteroatoms. The zero-order valence-electron chi connectivity index (χ0n) is 23.7. The summed E-state index contributed by atoms with van der Waals surface area (Å²) in [5.41, 5.74) is 3.30. The number of anilines is 2. The van der Waals surface area contributed by atoms with E-state index in [1.807, 2.05) is 103 Å². The number of carbonyl (C=O) groups is 3. The van der Waals surface area contributed by atoms with Gasteiger partial charge < -0.3 is 16.0 Å². The molecular formula is C36H27Br2N3O3S. The van der Waals surface area contributed by atoms with Gasteiger partial charge in [-0.25, -0.2) is 0 Å². The zero-order chi connectivity index (χ0) is 31.6. The molecule has 0 bridgehead atoms. The van der Waals surface area contributed by atoms with E-state index in [2.05, 4.69) is 47.8 Å². The summed E-state index contributed by atoms with van der Waals surface area (Å²) in [4.78, 5) is 40.8. The Morgan fingerprint density at radius 3 is 1.93 bits per heavy atom. The molecule has 0 saturated carbocycles. The number of rotatable bonds is 10. The summed E-state index contributed by atoms with van der Waals surface area (Å²) in [6.45, 7) is 0. The van der Waals surface area contributed by atoms with E-state index in [1.165, 1.54) is 11.8 Å². The molecule has 0 aliphatic heterocycles. The van der Waals surface area contributed by atoms with Crippen LogP contribution in [0.15, 0.2) is 153 Å². The van der Waals surface area contributed by atoms with Gasteiger partial charge in [-0.05, 0) is 83.9 Å². The minimum absolute atomic E-state index is 0.0836. The molecular weight excluding hydrogens is 714 g/mol. The molecule has 0 aliphatic carbocycles. The second-order valence-corrected chi connectivity index (χ2v) is 12.8. The van der Waals surface area contributed by atoms with E-state index in [9.17, 15) is 14.4 Å². The second kappa shape index (κ2) is 15.5. The van der Waals surface area contributed by atoms with Crippen LogP contribution >= 0.6 is 43.6 Å². The quantitative estimate of drug-likeness (QED) is 0.0985. The van der Waals surface area contributed by atoms with Gasteiger partial charge in [-0.15, -0.1) is 11.8 Å². The van der Waals surface area contributed by atoms with E-state index < -0.39 is 17.1 Å². The Kier molecular flexibility index (Phi) is 11.0. The van der Waals surface area contributed by atoms with E-state index in [1.54, 1.807) is 36.4 Å². The number of halogens is 2. The molecule has 224 valence electrons. The maximum Gasteiger partial charge on any atom is 0.272 e. The first-order chi connectivity index (χ1) is 21.8. The summed E-state index contributed by atoms with van der Waals surface area (Å²) < 4.78 is 1.82. The van der Waals surface area contributed by atoms with Gasteiger partial charge >= 0.3 is 0 Å². The average molecular weight is 742 g/mol. The predicted molar refractivity (Wildman–Crippen MR) is 189 cm³/mol. The van der Waals surface area contributed by atoms with E-state index >= 15 is 0 Å². The summed E-state index contributed by atoms with van der Waals surface area (Å²) in [5, 5.41) is 8.12. The first kappa shape index (κ1) is 32.0. The van der Waals surface area contributed by atoms with Gasteiger partial charge in [-0.2, -0.15) is 0 Å². The van der Waals surface area contributed by atoms with Gasteiger partial charge in [0.15, 0.2) is 0 Å². The fourth-order valence-electron chi connectivity index (χ4n) is 4.29. The first-order valence-electron chi connectivity index (χ1n) is 13.9. The molecule has 0 aliphatic rings. The highest BCUT2D eigenvalue weighted by molar-refractivity contribution is 9.10. The lowest BCUT2D eigenvalue weighted by Gasteiger charge is -2.18. The molecule has 0 aromatic heterocycles. The molecule has 5 aromatic carbocycles. The molecule has 5 rings (SSSR count). The summed E-state index contributed by atoms with van der Waals surface area (Å²) >= 11 is 8.22. The molecule has 0 radical (unpaired) electrons. The Morgan fingerprint density at radius 2 is 1.27 bits per heavy atom. The van der Waals surface area contributed by atoms with Gasteiger partial charge in [-0.1, -0.05) is 98.6 Å². The molecule has 3 N–H and O–H groups in total. The maximum absolute atomic E-state index is 13.6. The lowest BCUT2D eigenvalue weighted by atomic mass is 10.1. The van der Waals surface area contributed by atoms with Crippen molar-refractivity contribution in [3.05, 3.63) is 165 Å². The van der Waals surface area contributed by atoms with Crippen molar-refractivity contribution in [2.24, 2.45) is 0 Å². The van der Waals surface area contributed by atoms with Crippen molar-refractivity contribution in [2.45, 2.75) is 10.1 Å². The van der Waals surface area contributed by atoms with Crippen molar-refractivity contribution in [3.8, 4) is 0 Å². The molecule has 0 heterocycles. The number of hydrogen-bond donors (Lipinski definition) is 3. The van der Waals surface area contributed by atoms with Gasteiger partial charge in [0.25, 0.3) is 11.8 Å². The first-order valence-corrected chi connectivity index (χ1v) is 16.3. The fraction of sp³-hybridized carbons (Fsp3) is 0.0278.